The van der Waals surface area contributed by atoms with E-state index in [1.807, 2.05) is 53.9 Å². The van der Waals surface area contributed by atoms with Crippen molar-refractivity contribution < 1.29 is 4.74 Å². The quantitative estimate of drug-likeness (QED) is 0.691. The highest BCUT2D eigenvalue weighted by Crippen LogP contribution is 2.19. The summed E-state index contributed by atoms with van der Waals surface area (Å²) < 4.78 is 5.76. The molecule has 1 heterocycles. The molecule has 22 heavy (non-hydrogen) atoms. The first kappa shape index (κ1) is 14.9. The summed E-state index contributed by atoms with van der Waals surface area (Å²) in [5, 5.41) is 6.89. The van der Waals surface area contributed by atoms with Gasteiger partial charge in [-0.2, -0.15) is 0 Å². The molecular weight excluding hydrogens is 316 g/mol. The van der Waals surface area contributed by atoms with Crippen LogP contribution in [0.15, 0.2) is 60.1 Å². The van der Waals surface area contributed by atoms with Crippen LogP contribution in [0.5, 0.6) is 5.75 Å². The second-order valence-electron chi connectivity index (χ2n) is 4.71. The summed E-state index contributed by atoms with van der Waals surface area (Å²) in [5.74, 6) is 0.831. The standard InChI is InChI=1S/C17H15ClN2OS/c18-16-4-2-1-3-14(16)12-21-15-7-5-13(6-8-15)11-20-17-19-9-10-22-17/h1-10H,11-12H2,(H,19,20). The number of thiazole rings is 1. The van der Waals surface area contributed by atoms with Gasteiger partial charge in [0.2, 0.25) is 0 Å². The lowest BCUT2D eigenvalue weighted by Crippen LogP contribution is -1.99. The Bertz CT molecular complexity index is 714. The zero-order valence-corrected chi connectivity index (χ0v) is 13.4. The van der Waals surface area contributed by atoms with E-state index in [1.165, 1.54) is 5.56 Å². The first-order valence-electron chi connectivity index (χ1n) is 6.90. The lowest BCUT2D eigenvalue weighted by atomic mass is 10.2. The SMILES string of the molecule is Clc1ccccc1COc1ccc(CNc2nccs2)cc1. The molecule has 0 fully saturated rings. The molecular formula is C17H15ClN2OS. The second kappa shape index (κ2) is 7.29. The van der Waals surface area contributed by atoms with Crippen LogP contribution in [0.4, 0.5) is 5.13 Å². The van der Waals surface area contributed by atoms with E-state index in [-0.39, 0.29) is 0 Å². The fourth-order valence-electron chi connectivity index (χ4n) is 1.97. The number of nitrogens with one attached hydrogen (secondary N) is 1. The molecule has 0 saturated heterocycles. The van der Waals surface area contributed by atoms with Crippen molar-refractivity contribution in [1.29, 1.82) is 0 Å². The highest BCUT2D eigenvalue weighted by molar-refractivity contribution is 7.13. The maximum atomic E-state index is 6.11. The van der Waals surface area contributed by atoms with Gasteiger partial charge in [-0.1, -0.05) is 41.9 Å². The summed E-state index contributed by atoms with van der Waals surface area (Å²) in [6, 6.07) is 15.7. The Labute approximate surface area is 138 Å². The normalized spacial score (nSPS) is 10.4. The van der Waals surface area contributed by atoms with E-state index >= 15 is 0 Å². The van der Waals surface area contributed by atoms with Crippen molar-refractivity contribution in [2.75, 3.05) is 5.32 Å². The molecule has 0 saturated carbocycles. The smallest absolute Gasteiger partial charge is 0.182 e. The zero-order chi connectivity index (χ0) is 15.2. The van der Waals surface area contributed by atoms with Gasteiger partial charge < -0.3 is 10.1 Å². The van der Waals surface area contributed by atoms with Crippen LogP contribution in [0, 0.1) is 0 Å². The fraction of sp³-hybridized carbons (Fsp3) is 0.118. The van der Waals surface area contributed by atoms with E-state index in [4.69, 9.17) is 16.3 Å². The van der Waals surface area contributed by atoms with Crippen molar-refractivity contribution in [2.24, 2.45) is 0 Å². The maximum Gasteiger partial charge on any atom is 0.182 e. The minimum absolute atomic E-state index is 0.469. The van der Waals surface area contributed by atoms with Gasteiger partial charge in [0.25, 0.3) is 0 Å². The van der Waals surface area contributed by atoms with Gasteiger partial charge >= 0.3 is 0 Å². The molecule has 3 nitrogen and oxygen atoms in total. The highest BCUT2D eigenvalue weighted by Gasteiger charge is 2.01. The Hall–Kier alpha value is -2.04. The summed E-state index contributed by atoms with van der Waals surface area (Å²) in [5.41, 5.74) is 2.17. The van der Waals surface area contributed by atoms with Gasteiger partial charge in [0.05, 0.1) is 0 Å². The molecule has 0 radical (unpaired) electrons. The molecule has 0 aliphatic heterocycles. The summed E-state index contributed by atoms with van der Waals surface area (Å²) >= 11 is 7.71. The Kier molecular flexibility index (Phi) is 4.93. The lowest BCUT2D eigenvalue weighted by molar-refractivity contribution is 0.306. The highest BCUT2D eigenvalue weighted by atomic mass is 35.5. The van der Waals surface area contributed by atoms with Gasteiger partial charge in [-0.15, -0.1) is 11.3 Å². The summed E-state index contributed by atoms with van der Waals surface area (Å²) in [6.45, 7) is 1.22. The Morgan fingerprint density at radius 3 is 2.64 bits per heavy atom. The fourth-order valence-corrected chi connectivity index (χ4v) is 2.69. The predicted molar refractivity (Wildman–Crippen MR) is 91.7 cm³/mol. The number of benzene rings is 2. The molecule has 1 N–H and O–H groups in total. The number of rotatable bonds is 6. The van der Waals surface area contributed by atoms with Gasteiger partial charge in [-0.05, 0) is 23.8 Å². The average molecular weight is 331 g/mol. The number of halogens is 1. The lowest BCUT2D eigenvalue weighted by Gasteiger charge is -2.09. The molecule has 0 spiro atoms. The van der Waals surface area contributed by atoms with Crippen LogP contribution in [-0.2, 0) is 13.2 Å². The molecule has 0 unspecified atom stereocenters. The van der Waals surface area contributed by atoms with Gasteiger partial charge in [0.1, 0.15) is 12.4 Å². The molecule has 3 rings (SSSR count). The van der Waals surface area contributed by atoms with Gasteiger partial charge in [-0.25, -0.2) is 4.98 Å². The third-order valence-corrected chi connectivity index (χ3v) is 4.25. The Morgan fingerprint density at radius 2 is 1.91 bits per heavy atom. The average Bonchev–Trinajstić information content (AvgIpc) is 3.07. The summed E-state index contributed by atoms with van der Waals surface area (Å²) in [6.07, 6.45) is 1.79. The van der Waals surface area contributed by atoms with Gasteiger partial charge in [0.15, 0.2) is 5.13 Å². The van der Waals surface area contributed by atoms with Gasteiger partial charge in [0, 0.05) is 28.7 Å². The monoisotopic (exact) mass is 330 g/mol. The number of anilines is 1. The molecule has 0 atom stereocenters. The van der Waals surface area contributed by atoms with E-state index in [1.54, 1.807) is 17.5 Å². The van der Waals surface area contributed by atoms with Crippen LogP contribution in [0.25, 0.3) is 0 Å². The molecule has 5 heteroatoms. The van der Waals surface area contributed by atoms with Crippen molar-refractivity contribution in [2.45, 2.75) is 13.2 Å². The number of nitrogens with zero attached hydrogens (tertiary/aromatic N) is 1. The van der Waals surface area contributed by atoms with E-state index < -0.39 is 0 Å². The maximum absolute atomic E-state index is 6.11. The molecule has 0 aliphatic carbocycles. The molecule has 0 amide bonds. The van der Waals surface area contributed by atoms with Crippen LogP contribution in [0.2, 0.25) is 5.02 Å². The number of hydrogen-bond donors (Lipinski definition) is 1. The number of ether oxygens (including phenoxy) is 1. The molecule has 3 aromatic rings. The molecule has 2 aromatic carbocycles. The zero-order valence-electron chi connectivity index (χ0n) is 11.8. The van der Waals surface area contributed by atoms with Crippen molar-refractivity contribution in [1.82, 2.24) is 4.98 Å². The van der Waals surface area contributed by atoms with Crippen LogP contribution >= 0.6 is 22.9 Å². The van der Waals surface area contributed by atoms with Crippen molar-refractivity contribution >= 4 is 28.1 Å². The first-order valence-corrected chi connectivity index (χ1v) is 8.15. The van der Waals surface area contributed by atoms with E-state index in [0.29, 0.717) is 6.61 Å². The minimum Gasteiger partial charge on any atom is -0.489 e. The van der Waals surface area contributed by atoms with Crippen molar-refractivity contribution in [3.63, 3.8) is 0 Å². The van der Waals surface area contributed by atoms with E-state index in [0.717, 1.165) is 28.0 Å². The Balaban J connectivity index is 1.54. The Morgan fingerprint density at radius 1 is 1.09 bits per heavy atom. The number of hydrogen-bond acceptors (Lipinski definition) is 4. The summed E-state index contributed by atoms with van der Waals surface area (Å²) in [7, 11) is 0. The van der Waals surface area contributed by atoms with Crippen LogP contribution in [0.3, 0.4) is 0 Å². The predicted octanol–water partition coefficient (Wildman–Crippen LogP) is 4.99. The van der Waals surface area contributed by atoms with Crippen LogP contribution < -0.4 is 10.1 Å². The third-order valence-electron chi connectivity index (χ3n) is 3.15. The topological polar surface area (TPSA) is 34.1 Å². The number of aromatic nitrogens is 1. The third kappa shape index (κ3) is 4.00. The molecule has 1 aromatic heterocycles. The molecule has 112 valence electrons. The molecule has 0 aliphatic rings. The summed E-state index contributed by atoms with van der Waals surface area (Å²) in [4.78, 5) is 4.19. The largest absolute Gasteiger partial charge is 0.489 e. The van der Waals surface area contributed by atoms with E-state index in [2.05, 4.69) is 10.3 Å². The minimum atomic E-state index is 0.469. The van der Waals surface area contributed by atoms with Crippen molar-refractivity contribution in [3.05, 3.63) is 76.3 Å². The molecule has 0 bridgehead atoms. The first-order chi connectivity index (χ1) is 10.8. The van der Waals surface area contributed by atoms with Gasteiger partial charge in [-0.3, -0.25) is 0 Å². The van der Waals surface area contributed by atoms with Crippen LogP contribution in [-0.4, -0.2) is 4.98 Å². The van der Waals surface area contributed by atoms with Crippen molar-refractivity contribution in [3.8, 4) is 5.75 Å². The van der Waals surface area contributed by atoms with Crippen LogP contribution in [0.1, 0.15) is 11.1 Å². The van der Waals surface area contributed by atoms with E-state index in [9.17, 15) is 0 Å². The second-order valence-corrected chi connectivity index (χ2v) is 6.02.